The summed E-state index contributed by atoms with van der Waals surface area (Å²) in [6, 6.07) is 8.32. The molecule has 1 atom stereocenters. The largest absolute Gasteiger partial charge is 0.445 e. The van der Waals surface area contributed by atoms with Crippen molar-refractivity contribution in [2.75, 3.05) is 7.05 Å². The molecule has 1 heterocycles. The van der Waals surface area contributed by atoms with Gasteiger partial charge in [0.15, 0.2) is 0 Å². The highest BCUT2D eigenvalue weighted by Crippen LogP contribution is 2.18. The van der Waals surface area contributed by atoms with Gasteiger partial charge < -0.3 is 15.0 Å². The van der Waals surface area contributed by atoms with Crippen LogP contribution in [0.3, 0.4) is 0 Å². The van der Waals surface area contributed by atoms with Crippen molar-refractivity contribution >= 4 is 17.8 Å². The Labute approximate surface area is 153 Å². The number of nitrogens with one attached hydrogen (secondary N) is 1. The zero-order valence-corrected chi connectivity index (χ0v) is 15.1. The van der Waals surface area contributed by atoms with Gasteiger partial charge in [0.25, 0.3) is 0 Å². The second-order valence-corrected chi connectivity index (χ2v) is 6.07. The van der Waals surface area contributed by atoms with E-state index in [1.807, 2.05) is 49.4 Å². The molecule has 1 unspecified atom stereocenters. The number of likely N-dealkylation sites (tertiary alicyclic amines) is 1. The van der Waals surface area contributed by atoms with Gasteiger partial charge in [-0.15, -0.1) is 0 Å². The summed E-state index contributed by atoms with van der Waals surface area (Å²) in [6.07, 6.45) is 5.80. The van der Waals surface area contributed by atoms with Crippen molar-refractivity contribution in [3.63, 3.8) is 0 Å². The number of nitrogens with zero attached hydrogens (tertiary/aromatic N) is 1. The molecule has 2 rings (SSSR count). The molecule has 0 bridgehead atoms. The third-order valence-corrected chi connectivity index (χ3v) is 4.03. The first-order valence-electron chi connectivity index (χ1n) is 8.63. The fourth-order valence-corrected chi connectivity index (χ4v) is 2.59. The first-order chi connectivity index (χ1) is 12.5. The number of benzene rings is 1. The van der Waals surface area contributed by atoms with Crippen LogP contribution < -0.4 is 5.32 Å². The van der Waals surface area contributed by atoms with E-state index in [2.05, 4.69) is 5.32 Å². The minimum absolute atomic E-state index is 0.0432. The quantitative estimate of drug-likeness (QED) is 0.880. The average molecular weight is 356 g/mol. The second kappa shape index (κ2) is 9.56. The lowest BCUT2D eigenvalue weighted by Gasteiger charge is -2.21. The van der Waals surface area contributed by atoms with Crippen molar-refractivity contribution in [1.29, 1.82) is 0 Å². The smallest absolute Gasteiger partial charge is 0.408 e. The lowest BCUT2D eigenvalue weighted by Crippen LogP contribution is -2.46. The fraction of sp³-hybridized carbons (Fsp3) is 0.350. The molecule has 1 fully saturated rings. The van der Waals surface area contributed by atoms with E-state index in [0.717, 1.165) is 12.0 Å². The van der Waals surface area contributed by atoms with E-state index in [1.54, 1.807) is 13.1 Å². The van der Waals surface area contributed by atoms with Crippen LogP contribution in [0.1, 0.15) is 31.7 Å². The third-order valence-electron chi connectivity index (χ3n) is 4.03. The molecule has 6 nitrogen and oxygen atoms in total. The Balaban J connectivity index is 1.99. The number of carbonyl (C=O) groups is 3. The van der Waals surface area contributed by atoms with Crippen molar-refractivity contribution < 1.29 is 19.1 Å². The standard InChI is InChI=1S/C20H24N2O4/c1-3-4-6-11-16-12-17(23)13-18(19(24)22(16)2)21-20(25)26-14-15-9-7-5-8-10-15/h4-11,18H,3,12-14H2,1-2H3,(H,21,25)/b6-4-,16-11+. The highest BCUT2D eigenvalue weighted by atomic mass is 16.5. The number of rotatable bonds is 5. The van der Waals surface area contributed by atoms with E-state index >= 15 is 0 Å². The number of amides is 2. The van der Waals surface area contributed by atoms with Crippen LogP contribution >= 0.6 is 0 Å². The van der Waals surface area contributed by atoms with Crippen LogP contribution in [-0.4, -0.2) is 35.8 Å². The van der Waals surface area contributed by atoms with Crippen molar-refractivity contribution in [3.8, 4) is 0 Å². The van der Waals surface area contributed by atoms with Gasteiger partial charge in [0.1, 0.15) is 18.4 Å². The van der Waals surface area contributed by atoms with Crippen LogP contribution in [-0.2, 0) is 20.9 Å². The maximum Gasteiger partial charge on any atom is 0.408 e. The number of ketones is 1. The predicted octanol–water partition coefficient (Wildman–Crippen LogP) is 2.95. The lowest BCUT2D eigenvalue weighted by molar-refractivity contribution is -0.130. The summed E-state index contributed by atoms with van der Waals surface area (Å²) in [4.78, 5) is 38.2. The van der Waals surface area contributed by atoms with Gasteiger partial charge in [-0.25, -0.2) is 4.79 Å². The normalized spacial score (nSPS) is 19.7. The topological polar surface area (TPSA) is 75.7 Å². The highest BCUT2D eigenvalue weighted by molar-refractivity contribution is 5.95. The van der Waals surface area contributed by atoms with Crippen molar-refractivity contribution in [3.05, 3.63) is 59.8 Å². The Morgan fingerprint density at radius 3 is 2.73 bits per heavy atom. The number of carbonyl (C=O) groups excluding carboxylic acids is 3. The van der Waals surface area contributed by atoms with Crippen molar-refractivity contribution in [2.24, 2.45) is 0 Å². The Morgan fingerprint density at radius 1 is 1.31 bits per heavy atom. The van der Waals surface area contributed by atoms with Gasteiger partial charge in [0.2, 0.25) is 5.91 Å². The second-order valence-electron chi connectivity index (χ2n) is 6.07. The molecule has 1 saturated heterocycles. The molecule has 138 valence electrons. The van der Waals surface area contributed by atoms with Gasteiger partial charge in [0.05, 0.1) is 0 Å². The summed E-state index contributed by atoms with van der Waals surface area (Å²) in [5, 5.41) is 2.51. The van der Waals surface area contributed by atoms with E-state index in [-0.39, 0.29) is 31.1 Å². The molecule has 0 aliphatic carbocycles. The summed E-state index contributed by atoms with van der Waals surface area (Å²) >= 11 is 0. The van der Waals surface area contributed by atoms with Gasteiger partial charge in [0, 0.05) is 25.6 Å². The average Bonchev–Trinajstić information content (AvgIpc) is 2.73. The Kier molecular flexibility index (Phi) is 7.14. The van der Waals surface area contributed by atoms with Crippen LogP contribution in [0.15, 0.2) is 54.3 Å². The molecule has 2 amide bonds. The maximum absolute atomic E-state index is 12.6. The minimum Gasteiger partial charge on any atom is -0.445 e. The molecule has 26 heavy (non-hydrogen) atoms. The number of Topliss-reactive ketones (excluding diaryl/α,β-unsaturated/α-hetero) is 1. The number of likely N-dealkylation sites (N-methyl/N-ethyl adjacent to an activating group) is 1. The summed E-state index contributed by atoms with van der Waals surface area (Å²) in [5.41, 5.74) is 1.46. The van der Waals surface area contributed by atoms with E-state index in [9.17, 15) is 14.4 Å². The molecule has 0 radical (unpaired) electrons. The molecule has 1 aliphatic rings. The molecule has 6 heteroatoms. The van der Waals surface area contributed by atoms with Crippen LogP contribution in [0.5, 0.6) is 0 Å². The van der Waals surface area contributed by atoms with E-state index in [4.69, 9.17) is 4.74 Å². The molecular weight excluding hydrogens is 332 g/mol. The van der Waals surface area contributed by atoms with Gasteiger partial charge in [-0.3, -0.25) is 9.59 Å². The Morgan fingerprint density at radius 2 is 2.04 bits per heavy atom. The number of alkyl carbamates (subject to hydrolysis) is 1. The number of hydrogen-bond donors (Lipinski definition) is 1. The van der Waals surface area contributed by atoms with Gasteiger partial charge in [-0.1, -0.05) is 49.4 Å². The van der Waals surface area contributed by atoms with Gasteiger partial charge >= 0.3 is 6.09 Å². The SMILES string of the molecule is CC/C=C\C=C1/CC(=O)CC(NC(=O)OCc2ccccc2)C(=O)N1C. The third kappa shape index (κ3) is 5.58. The highest BCUT2D eigenvalue weighted by Gasteiger charge is 2.32. The maximum atomic E-state index is 12.6. The zero-order valence-electron chi connectivity index (χ0n) is 15.1. The summed E-state index contributed by atoms with van der Waals surface area (Å²) < 4.78 is 5.14. The molecule has 1 N–H and O–H groups in total. The van der Waals surface area contributed by atoms with E-state index in [0.29, 0.717) is 5.70 Å². The first-order valence-corrected chi connectivity index (χ1v) is 8.63. The number of hydrogen-bond acceptors (Lipinski definition) is 4. The summed E-state index contributed by atoms with van der Waals surface area (Å²) in [6.45, 7) is 2.10. The Hall–Kier alpha value is -2.89. The monoisotopic (exact) mass is 356 g/mol. The molecule has 0 saturated carbocycles. The van der Waals surface area contributed by atoms with Crippen LogP contribution in [0.4, 0.5) is 4.79 Å². The van der Waals surface area contributed by atoms with E-state index in [1.165, 1.54) is 4.90 Å². The van der Waals surface area contributed by atoms with E-state index < -0.39 is 12.1 Å². The van der Waals surface area contributed by atoms with Crippen LogP contribution in [0.25, 0.3) is 0 Å². The van der Waals surface area contributed by atoms with Crippen molar-refractivity contribution in [2.45, 2.75) is 38.8 Å². The molecule has 1 aliphatic heterocycles. The first kappa shape index (κ1) is 19.4. The van der Waals surface area contributed by atoms with Crippen molar-refractivity contribution in [1.82, 2.24) is 10.2 Å². The molecule has 1 aromatic rings. The zero-order chi connectivity index (χ0) is 18.9. The van der Waals surface area contributed by atoms with Crippen LogP contribution in [0.2, 0.25) is 0 Å². The lowest BCUT2D eigenvalue weighted by atomic mass is 10.1. The summed E-state index contributed by atoms with van der Waals surface area (Å²) in [5.74, 6) is -0.434. The fourth-order valence-electron chi connectivity index (χ4n) is 2.59. The molecule has 1 aromatic carbocycles. The molecular formula is C20H24N2O4. The minimum atomic E-state index is -0.920. The number of allylic oxidation sites excluding steroid dienone is 4. The summed E-state index contributed by atoms with van der Waals surface area (Å²) in [7, 11) is 1.61. The Bertz CT molecular complexity index is 710. The predicted molar refractivity (Wildman–Crippen MR) is 98.1 cm³/mol. The molecule has 0 aromatic heterocycles. The van der Waals surface area contributed by atoms with Gasteiger partial charge in [-0.05, 0) is 18.1 Å². The van der Waals surface area contributed by atoms with Crippen LogP contribution in [0, 0.1) is 0 Å². The van der Waals surface area contributed by atoms with Gasteiger partial charge in [-0.2, -0.15) is 0 Å². The molecule has 0 spiro atoms. The number of ether oxygens (including phenoxy) is 1.